The number of nitrogens with zero attached hydrogens (tertiary/aromatic N) is 5. The highest BCUT2D eigenvalue weighted by Gasteiger charge is 2.32. The van der Waals surface area contributed by atoms with Crippen molar-refractivity contribution in [2.75, 3.05) is 7.05 Å². The number of fused-ring (bicyclic) bond motifs is 1. The molecule has 1 atom stereocenters. The standard InChI is InChI=1S/C31H33BrN6O3/c1-18(2)14-23-12-13-37(35-23)31-34-27-17-36(29(40)22-8-11-26(32)19(3)15-22)20(4)16-25(27)30(41)38(31)24-9-6-21(7-10-24)28(39)33-5/h6-13,15,18,20H,14,16-17H2,1-5H3,(H,33,39)/t20-/m0/s1. The average Bonchev–Trinajstić information content (AvgIpc) is 3.41. The van der Waals surface area contributed by atoms with Crippen molar-refractivity contribution in [2.24, 2.45) is 5.92 Å². The van der Waals surface area contributed by atoms with Gasteiger partial charge >= 0.3 is 0 Å². The number of hydrogen-bond donors (Lipinski definition) is 1. The fourth-order valence-electron chi connectivity index (χ4n) is 5.15. The number of nitrogens with one attached hydrogen (secondary N) is 1. The lowest BCUT2D eigenvalue weighted by Gasteiger charge is -2.34. The van der Waals surface area contributed by atoms with Crippen LogP contribution in [0, 0.1) is 12.8 Å². The fraction of sp³-hybridized carbons (Fsp3) is 0.323. The Morgan fingerprint density at radius 3 is 2.46 bits per heavy atom. The summed E-state index contributed by atoms with van der Waals surface area (Å²) >= 11 is 3.50. The Kier molecular flexibility index (Phi) is 7.95. The molecule has 2 aromatic carbocycles. The molecule has 0 fully saturated rings. The van der Waals surface area contributed by atoms with E-state index in [4.69, 9.17) is 10.1 Å². The molecule has 1 aliphatic heterocycles. The zero-order valence-corrected chi connectivity index (χ0v) is 25.4. The van der Waals surface area contributed by atoms with E-state index in [1.165, 1.54) is 0 Å². The lowest BCUT2D eigenvalue weighted by molar-refractivity contribution is 0.0652. The van der Waals surface area contributed by atoms with Gasteiger partial charge in [-0.1, -0.05) is 29.8 Å². The average molecular weight is 618 g/mol. The lowest BCUT2D eigenvalue weighted by Crippen LogP contribution is -2.46. The number of aryl methyl sites for hydroxylation is 1. The van der Waals surface area contributed by atoms with Gasteiger partial charge in [-0.2, -0.15) is 5.10 Å². The number of amides is 2. The fourth-order valence-corrected chi connectivity index (χ4v) is 5.40. The Labute approximate surface area is 247 Å². The maximum Gasteiger partial charge on any atom is 0.263 e. The molecule has 10 heteroatoms. The predicted molar refractivity (Wildman–Crippen MR) is 161 cm³/mol. The second-order valence-corrected chi connectivity index (χ2v) is 11.8. The summed E-state index contributed by atoms with van der Waals surface area (Å²) in [5.41, 5.74) is 4.44. The number of halogens is 1. The van der Waals surface area contributed by atoms with Crippen LogP contribution in [0.2, 0.25) is 0 Å². The van der Waals surface area contributed by atoms with Crippen molar-refractivity contribution >= 4 is 27.7 Å². The molecular weight excluding hydrogens is 584 g/mol. The molecular formula is C31H33BrN6O3. The Morgan fingerprint density at radius 2 is 1.80 bits per heavy atom. The summed E-state index contributed by atoms with van der Waals surface area (Å²) in [5.74, 6) is 0.433. The summed E-state index contributed by atoms with van der Waals surface area (Å²) in [7, 11) is 1.58. The van der Waals surface area contributed by atoms with E-state index in [9.17, 15) is 14.4 Å². The van der Waals surface area contributed by atoms with Crippen molar-refractivity contribution < 1.29 is 9.59 Å². The second kappa shape index (κ2) is 11.4. The molecule has 1 N–H and O–H groups in total. The van der Waals surface area contributed by atoms with Crippen LogP contribution in [0.15, 0.2) is 64.0 Å². The van der Waals surface area contributed by atoms with Crippen molar-refractivity contribution in [3.05, 3.63) is 103 Å². The SMILES string of the molecule is CNC(=O)c1ccc(-n2c(-n3ccc(CC(C)C)n3)nc3c(c2=O)C[C@H](C)N(C(=O)c2ccc(Br)c(C)c2)C3)cc1. The summed E-state index contributed by atoms with van der Waals surface area (Å²) in [6.07, 6.45) is 2.96. The van der Waals surface area contributed by atoms with Gasteiger partial charge in [0.2, 0.25) is 5.95 Å². The molecule has 5 rings (SSSR count). The molecule has 9 nitrogen and oxygen atoms in total. The van der Waals surface area contributed by atoms with Crippen molar-refractivity contribution in [2.45, 2.75) is 53.1 Å². The van der Waals surface area contributed by atoms with E-state index in [1.54, 1.807) is 57.7 Å². The number of rotatable bonds is 6. The van der Waals surface area contributed by atoms with E-state index >= 15 is 0 Å². The molecule has 0 saturated carbocycles. The van der Waals surface area contributed by atoms with E-state index in [0.717, 1.165) is 22.2 Å². The van der Waals surface area contributed by atoms with E-state index in [2.05, 4.69) is 35.1 Å². The van der Waals surface area contributed by atoms with Crippen LogP contribution in [-0.4, -0.2) is 49.1 Å². The third kappa shape index (κ3) is 5.61. The van der Waals surface area contributed by atoms with Crippen LogP contribution in [0.5, 0.6) is 0 Å². The molecule has 0 bridgehead atoms. The summed E-state index contributed by atoms with van der Waals surface area (Å²) in [6, 6.07) is 14.1. The summed E-state index contributed by atoms with van der Waals surface area (Å²) < 4.78 is 4.10. The molecule has 0 spiro atoms. The Hall–Kier alpha value is -4.05. The molecule has 0 unspecified atom stereocenters. The van der Waals surface area contributed by atoms with Crippen LogP contribution in [0.3, 0.4) is 0 Å². The van der Waals surface area contributed by atoms with E-state index in [0.29, 0.717) is 46.4 Å². The Morgan fingerprint density at radius 1 is 1.10 bits per heavy atom. The van der Waals surface area contributed by atoms with Crippen LogP contribution in [-0.2, 0) is 19.4 Å². The first-order valence-electron chi connectivity index (χ1n) is 13.7. The van der Waals surface area contributed by atoms with Crippen molar-refractivity contribution in [3.8, 4) is 11.6 Å². The second-order valence-electron chi connectivity index (χ2n) is 10.9. The molecule has 0 radical (unpaired) electrons. The highest BCUT2D eigenvalue weighted by atomic mass is 79.9. The molecule has 4 aromatic rings. The smallest absolute Gasteiger partial charge is 0.263 e. The zero-order valence-electron chi connectivity index (χ0n) is 23.8. The van der Waals surface area contributed by atoms with E-state index in [-0.39, 0.29) is 30.0 Å². The van der Waals surface area contributed by atoms with Gasteiger partial charge in [0.25, 0.3) is 17.4 Å². The minimum absolute atomic E-state index is 0.102. The van der Waals surface area contributed by atoms with Gasteiger partial charge in [-0.05, 0) is 86.7 Å². The van der Waals surface area contributed by atoms with E-state index < -0.39 is 0 Å². The van der Waals surface area contributed by atoms with Gasteiger partial charge in [-0.3, -0.25) is 14.4 Å². The van der Waals surface area contributed by atoms with Crippen LogP contribution in [0.1, 0.15) is 64.0 Å². The first-order valence-corrected chi connectivity index (χ1v) is 14.5. The van der Waals surface area contributed by atoms with Gasteiger partial charge in [-0.15, -0.1) is 0 Å². The number of hydrogen-bond acceptors (Lipinski definition) is 5. The first kappa shape index (κ1) is 28.5. The van der Waals surface area contributed by atoms with Gasteiger partial charge in [0.1, 0.15) is 0 Å². The Bertz CT molecular complexity index is 1690. The summed E-state index contributed by atoms with van der Waals surface area (Å²) in [5, 5.41) is 7.35. The number of aromatic nitrogens is 4. The maximum absolute atomic E-state index is 14.1. The van der Waals surface area contributed by atoms with Gasteiger partial charge in [0.15, 0.2) is 0 Å². The number of carbonyl (C=O) groups is 2. The highest BCUT2D eigenvalue weighted by molar-refractivity contribution is 9.10. The van der Waals surface area contributed by atoms with E-state index in [1.807, 2.05) is 32.0 Å². The van der Waals surface area contributed by atoms with Crippen LogP contribution in [0.4, 0.5) is 0 Å². The molecule has 2 aromatic heterocycles. The quantitative estimate of drug-likeness (QED) is 0.340. The molecule has 212 valence electrons. The molecule has 0 aliphatic carbocycles. The molecule has 0 saturated heterocycles. The van der Waals surface area contributed by atoms with Crippen LogP contribution in [0.25, 0.3) is 11.6 Å². The first-order chi connectivity index (χ1) is 19.6. The summed E-state index contributed by atoms with van der Waals surface area (Å²) in [4.78, 5) is 46.6. The number of benzene rings is 2. The van der Waals surface area contributed by atoms with Gasteiger partial charge in [0.05, 0.1) is 23.6 Å². The topological polar surface area (TPSA) is 102 Å². The highest BCUT2D eigenvalue weighted by Crippen LogP contribution is 2.26. The van der Waals surface area contributed by atoms with Gasteiger partial charge in [0, 0.05) is 40.4 Å². The predicted octanol–water partition coefficient (Wildman–Crippen LogP) is 4.63. The zero-order chi connectivity index (χ0) is 29.4. The lowest BCUT2D eigenvalue weighted by atomic mass is 9.98. The van der Waals surface area contributed by atoms with Crippen molar-refractivity contribution in [1.82, 2.24) is 29.5 Å². The molecule has 1 aliphatic rings. The summed E-state index contributed by atoms with van der Waals surface area (Å²) in [6.45, 7) is 8.36. The third-order valence-electron chi connectivity index (χ3n) is 7.34. The molecule has 2 amide bonds. The minimum atomic E-state index is -0.211. The van der Waals surface area contributed by atoms with Crippen molar-refractivity contribution in [3.63, 3.8) is 0 Å². The molecule has 41 heavy (non-hydrogen) atoms. The number of carbonyl (C=O) groups excluding carboxylic acids is 2. The molecule has 3 heterocycles. The van der Waals surface area contributed by atoms with Crippen LogP contribution >= 0.6 is 15.9 Å². The normalized spacial score (nSPS) is 14.7. The maximum atomic E-state index is 14.1. The van der Waals surface area contributed by atoms with Crippen molar-refractivity contribution in [1.29, 1.82) is 0 Å². The Balaban J connectivity index is 1.61. The van der Waals surface area contributed by atoms with Gasteiger partial charge in [-0.25, -0.2) is 14.2 Å². The third-order valence-corrected chi connectivity index (χ3v) is 8.23. The van der Waals surface area contributed by atoms with Gasteiger partial charge < -0.3 is 10.2 Å². The monoisotopic (exact) mass is 616 g/mol. The minimum Gasteiger partial charge on any atom is -0.355 e. The largest absolute Gasteiger partial charge is 0.355 e. The van der Waals surface area contributed by atoms with Crippen LogP contribution < -0.4 is 10.9 Å².